The molecule has 4 rings (SSSR count). The van der Waals surface area contributed by atoms with E-state index in [1.165, 1.54) is 16.8 Å². The van der Waals surface area contributed by atoms with Crippen molar-refractivity contribution < 1.29 is 0 Å². The Bertz CT molecular complexity index is 830. The molecule has 0 amide bonds. The number of pyridine rings is 1. The number of benzene rings is 1. The molecule has 1 aliphatic rings. The number of rotatable bonds is 4. The number of aryl methyl sites for hydroxylation is 1. The van der Waals surface area contributed by atoms with Crippen LogP contribution in [0.5, 0.6) is 0 Å². The average molecular weight is 357 g/mol. The SMILES string of the molecule is Cc1ccc2ncc(CN3C[C@@H](CN)[C@H](c4ccccc4)C3)n2c1.Cl. The third kappa shape index (κ3) is 3.56. The quantitative estimate of drug-likeness (QED) is 0.780. The van der Waals surface area contributed by atoms with Gasteiger partial charge in [0, 0.05) is 31.7 Å². The Morgan fingerprint density at radius 1 is 1.12 bits per heavy atom. The van der Waals surface area contributed by atoms with Gasteiger partial charge in [-0.05, 0) is 36.6 Å². The van der Waals surface area contributed by atoms with Crippen LogP contribution in [0, 0.1) is 12.8 Å². The molecule has 0 radical (unpaired) electrons. The Morgan fingerprint density at radius 3 is 2.68 bits per heavy atom. The van der Waals surface area contributed by atoms with Crippen molar-refractivity contribution in [1.29, 1.82) is 0 Å². The van der Waals surface area contributed by atoms with E-state index in [2.05, 4.69) is 69.9 Å². The van der Waals surface area contributed by atoms with Crippen LogP contribution in [0.15, 0.2) is 54.9 Å². The molecule has 2 atom stereocenters. The van der Waals surface area contributed by atoms with Crippen LogP contribution < -0.4 is 5.73 Å². The number of nitrogens with zero attached hydrogens (tertiary/aromatic N) is 3. The minimum atomic E-state index is 0. The first-order chi connectivity index (χ1) is 11.7. The minimum absolute atomic E-state index is 0. The number of likely N-dealkylation sites (tertiary alicyclic amines) is 1. The summed E-state index contributed by atoms with van der Waals surface area (Å²) in [5, 5.41) is 0. The Morgan fingerprint density at radius 2 is 1.92 bits per heavy atom. The van der Waals surface area contributed by atoms with Crippen molar-refractivity contribution in [3.8, 4) is 0 Å². The highest BCUT2D eigenvalue weighted by molar-refractivity contribution is 5.85. The maximum Gasteiger partial charge on any atom is 0.136 e. The monoisotopic (exact) mass is 356 g/mol. The smallest absolute Gasteiger partial charge is 0.136 e. The molecule has 5 heteroatoms. The highest BCUT2D eigenvalue weighted by Crippen LogP contribution is 2.32. The molecule has 3 heterocycles. The average Bonchev–Trinajstić information content (AvgIpc) is 3.20. The molecule has 0 spiro atoms. The van der Waals surface area contributed by atoms with Gasteiger partial charge >= 0.3 is 0 Å². The lowest BCUT2D eigenvalue weighted by Gasteiger charge is -2.16. The zero-order chi connectivity index (χ0) is 16.5. The summed E-state index contributed by atoms with van der Waals surface area (Å²) in [5.74, 6) is 1.05. The first-order valence-electron chi connectivity index (χ1n) is 8.64. The van der Waals surface area contributed by atoms with Crippen molar-refractivity contribution >= 4 is 18.1 Å². The standard InChI is InChI=1S/C20H24N4.ClH/c1-15-7-8-20-22-10-18(24(20)11-15)13-23-12-17(9-21)19(14-23)16-5-3-2-4-6-16;/h2-8,10-11,17,19H,9,12-14,21H2,1H3;1H/t17-,19+;/m1./s1. The highest BCUT2D eigenvalue weighted by atomic mass is 35.5. The van der Waals surface area contributed by atoms with Gasteiger partial charge in [0.2, 0.25) is 0 Å². The van der Waals surface area contributed by atoms with Gasteiger partial charge in [0.25, 0.3) is 0 Å². The van der Waals surface area contributed by atoms with Crippen LogP contribution in [0.3, 0.4) is 0 Å². The molecule has 0 aliphatic carbocycles. The first-order valence-corrected chi connectivity index (χ1v) is 8.64. The van der Waals surface area contributed by atoms with E-state index in [0.29, 0.717) is 11.8 Å². The lowest BCUT2D eigenvalue weighted by molar-refractivity contribution is 0.312. The summed E-state index contributed by atoms with van der Waals surface area (Å²) in [6, 6.07) is 15.0. The van der Waals surface area contributed by atoms with Gasteiger partial charge in [0.05, 0.1) is 11.9 Å². The fourth-order valence-electron chi connectivity index (χ4n) is 3.89. The summed E-state index contributed by atoms with van der Waals surface area (Å²) in [7, 11) is 0. The van der Waals surface area contributed by atoms with Crippen LogP contribution in [0.2, 0.25) is 0 Å². The molecule has 1 fully saturated rings. The van der Waals surface area contributed by atoms with Crippen LogP contribution in [0.1, 0.15) is 22.7 Å². The molecule has 1 aromatic carbocycles. The summed E-state index contributed by atoms with van der Waals surface area (Å²) >= 11 is 0. The first kappa shape index (κ1) is 17.9. The zero-order valence-corrected chi connectivity index (χ0v) is 15.3. The number of hydrogen-bond donors (Lipinski definition) is 1. The molecule has 132 valence electrons. The van der Waals surface area contributed by atoms with Crippen molar-refractivity contribution in [2.75, 3.05) is 19.6 Å². The molecule has 3 aromatic rings. The van der Waals surface area contributed by atoms with Crippen LogP contribution >= 0.6 is 12.4 Å². The molecule has 1 aliphatic heterocycles. The molecule has 25 heavy (non-hydrogen) atoms. The molecule has 4 nitrogen and oxygen atoms in total. The molecule has 0 bridgehead atoms. The van der Waals surface area contributed by atoms with Crippen LogP contribution in [0.4, 0.5) is 0 Å². The second-order valence-electron chi connectivity index (χ2n) is 6.89. The van der Waals surface area contributed by atoms with Gasteiger partial charge < -0.3 is 10.1 Å². The third-order valence-corrected chi connectivity index (χ3v) is 5.16. The van der Waals surface area contributed by atoms with E-state index in [9.17, 15) is 0 Å². The number of aromatic nitrogens is 2. The summed E-state index contributed by atoms with van der Waals surface area (Å²) in [5.41, 5.74) is 11.0. The Labute approximate surface area is 155 Å². The second kappa shape index (κ2) is 7.56. The summed E-state index contributed by atoms with van der Waals surface area (Å²) in [6.07, 6.45) is 4.17. The Balaban J connectivity index is 0.00000182. The van der Waals surface area contributed by atoms with E-state index in [1.54, 1.807) is 0 Å². The van der Waals surface area contributed by atoms with E-state index >= 15 is 0 Å². The van der Waals surface area contributed by atoms with E-state index in [-0.39, 0.29) is 12.4 Å². The van der Waals surface area contributed by atoms with Gasteiger partial charge in [-0.15, -0.1) is 12.4 Å². The number of imidazole rings is 1. The van der Waals surface area contributed by atoms with Crippen LogP contribution in [-0.4, -0.2) is 33.9 Å². The largest absolute Gasteiger partial charge is 0.330 e. The van der Waals surface area contributed by atoms with Crippen molar-refractivity contribution in [3.63, 3.8) is 0 Å². The Hall–Kier alpha value is -1.88. The van der Waals surface area contributed by atoms with Gasteiger partial charge in [-0.1, -0.05) is 36.4 Å². The topological polar surface area (TPSA) is 46.6 Å². The van der Waals surface area contributed by atoms with Crippen LogP contribution in [0.25, 0.3) is 5.65 Å². The lowest BCUT2D eigenvalue weighted by Crippen LogP contribution is -2.23. The van der Waals surface area contributed by atoms with E-state index in [1.807, 2.05) is 6.20 Å². The molecule has 2 aromatic heterocycles. The number of halogens is 1. The molecule has 0 unspecified atom stereocenters. The van der Waals surface area contributed by atoms with E-state index in [0.717, 1.165) is 31.8 Å². The maximum atomic E-state index is 6.06. The maximum absolute atomic E-state index is 6.06. The zero-order valence-electron chi connectivity index (χ0n) is 14.5. The third-order valence-electron chi connectivity index (χ3n) is 5.16. The van der Waals surface area contributed by atoms with Gasteiger partial charge in [0.1, 0.15) is 5.65 Å². The molecule has 2 N–H and O–H groups in total. The second-order valence-corrected chi connectivity index (χ2v) is 6.89. The van der Waals surface area contributed by atoms with Gasteiger partial charge in [-0.25, -0.2) is 4.98 Å². The minimum Gasteiger partial charge on any atom is -0.330 e. The van der Waals surface area contributed by atoms with E-state index in [4.69, 9.17) is 5.73 Å². The normalized spacial score (nSPS) is 20.7. The number of fused-ring (bicyclic) bond motifs is 1. The fraction of sp³-hybridized carbons (Fsp3) is 0.350. The number of hydrogen-bond acceptors (Lipinski definition) is 3. The van der Waals surface area contributed by atoms with Crippen LogP contribution in [-0.2, 0) is 6.54 Å². The van der Waals surface area contributed by atoms with Gasteiger partial charge in [0.15, 0.2) is 0 Å². The lowest BCUT2D eigenvalue weighted by atomic mass is 9.89. The van der Waals surface area contributed by atoms with Crippen molar-refractivity contribution in [2.24, 2.45) is 11.7 Å². The summed E-state index contributed by atoms with van der Waals surface area (Å²) < 4.78 is 2.21. The van der Waals surface area contributed by atoms with Gasteiger partial charge in [-0.3, -0.25) is 4.90 Å². The fourth-order valence-corrected chi connectivity index (χ4v) is 3.89. The van der Waals surface area contributed by atoms with Gasteiger partial charge in [-0.2, -0.15) is 0 Å². The molecular formula is C20H25ClN4. The summed E-state index contributed by atoms with van der Waals surface area (Å²) in [6.45, 7) is 5.89. The molecule has 0 saturated carbocycles. The predicted octanol–water partition coefficient (Wildman–Crippen LogP) is 3.24. The van der Waals surface area contributed by atoms with Crippen molar-refractivity contribution in [3.05, 3.63) is 71.7 Å². The van der Waals surface area contributed by atoms with E-state index < -0.39 is 0 Å². The predicted molar refractivity (Wildman–Crippen MR) is 104 cm³/mol. The van der Waals surface area contributed by atoms with Crippen molar-refractivity contribution in [1.82, 2.24) is 14.3 Å². The van der Waals surface area contributed by atoms with Crippen molar-refractivity contribution in [2.45, 2.75) is 19.4 Å². The highest BCUT2D eigenvalue weighted by Gasteiger charge is 2.33. The number of nitrogens with two attached hydrogens (primary N) is 1. The summed E-state index contributed by atoms with van der Waals surface area (Å²) in [4.78, 5) is 7.04. The molecular weight excluding hydrogens is 332 g/mol. The molecule has 1 saturated heterocycles. The Kier molecular flexibility index (Phi) is 5.42.